The number of benzene rings is 3. The highest BCUT2D eigenvalue weighted by Crippen LogP contribution is 2.48. The summed E-state index contributed by atoms with van der Waals surface area (Å²) >= 11 is 0. The molecule has 3 aromatic carbocycles. The number of hydrogen-bond donors (Lipinski definition) is 3. The largest absolute Gasteiger partial charge is 0.508 e. The Labute approximate surface area is 198 Å². The van der Waals surface area contributed by atoms with Crippen molar-refractivity contribution in [2.45, 2.75) is 79.1 Å². The van der Waals surface area contributed by atoms with Gasteiger partial charge in [-0.25, -0.2) is 0 Å². The van der Waals surface area contributed by atoms with Crippen molar-refractivity contribution in [3.05, 3.63) is 87.0 Å². The normalized spacial score (nSPS) is 12.4. The fraction of sp³-hybridized carbons (Fsp3) is 0.400. The van der Waals surface area contributed by atoms with Gasteiger partial charge in [0.1, 0.15) is 17.2 Å². The van der Waals surface area contributed by atoms with E-state index in [-0.39, 0.29) is 28.1 Å². The molecule has 0 aliphatic rings. The van der Waals surface area contributed by atoms with Gasteiger partial charge in [-0.2, -0.15) is 0 Å². The first-order chi connectivity index (χ1) is 15.1. The van der Waals surface area contributed by atoms with Gasteiger partial charge in [-0.05, 0) is 48.8 Å². The molecule has 3 heteroatoms. The van der Waals surface area contributed by atoms with Crippen LogP contribution in [0.4, 0.5) is 0 Å². The SMILES string of the molecule is Cc1ccc(O)c(C(c2cc(C)cc(C(C)(C)C)c2O)c2cc(C)cc(C(C)(C)C)c2O)c1. The fourth-order valence-corrected chi connectivity index (χ4v) is 4.60. The molecular weight excluding hydrogens is 408 g/mol. The quantitative estimate of drug-likeness (QED) is 0.365. The molecule has 0 radical (unpaired) electrons. The monoisotopic (exact) mass is 446 g/mol. The molecule has 0 aromatic heterocycles. The van der Waals surface area contributed by atoms with Crippen molar-refractivity contribution in [3.63, 3.8) is 0 Å². The number of phenols is 3. The molecule has 0 saturated heterocycles. The van der Waals surface area contributed by atoms with Crippen LogP contribution in [0.15, 0.2) is 42.5 Å². The van der Waals surface area contributed by atoms with Crippen molar-refractivity contribution in [2.24, 2.45) is 0 Å². The Morgan fingerprint density at radius 1 is 0.545 bits per heavy atom. The molecule has 3 nitrogen and oxygen atoms in total. The van der Waals surface area contributed by atoms with Gasteiger partial charge >= 0.3 is 0 Å². The third-order valence-electron chi connectivity index (χ3n) is 6.30. The van der Waals surface area contributed by atoms with Crippen LogP contribution < -0.4 is 0 Å². The molecule has 0 aliphatic carbocycles. The highest BCUT2D eigenvalue weighted by Gasteiger charge is 2.31. The lowest BCUT2D eigenvalue weighted by Crippen LogP contribution is -2.16. The first-order valence-electron chi connectivity index (χ1n) is 11.6. The Hall–Kier alpha value is -2.94. The van der Waals surface area contributed by atoms with E-state index in [0.717, 1.165) is 27.8 Å². The molecule has 0 saturated carbocycles. The zero-order chi connectivity index (χ0) is 24.9. The maximum atomic E-state index is 11.5. The van der Waals surface area contributed by atoms with E-state index >= 15 is 0 Å². The molecule has 0 aliphatic heterocycles. The van der Waals surface area contributed by atoms with Crippen LogP contribution in [0.25, 0.3) is 0 Å². The van der Waals surface area contributed by atoms with Crippen LogP contribution in [0.2, 0.25) is 0 Å². The highest BCUT2D eigenvalue weighted by molar-refractivity contribution is 5.61. The molecule has 0 unspecified atom stereocenters. The molecule has 0 heterocycles. The molecule has 0 spiro atoms. The third-order valence-corrected chi connectivity index (χ3v) is 6.30. The van der Waals surface area contributed by atoms with Gasteiger partial charge in [-0.15, -0.1) is 0 Å². The Balaban J connectivity index is 2.48. The van der Waals surface area contributed by atoms with Gasteiger partial charge in [0.15, 0.2) is 0 Å². The van der Waals surface area contributed by atoms with Gasteiger partial charge in [-0.3, -0.25) is 0 Å². The number of aryl methyl sites for hydroxylation is 3. The maximum Gasteiger partial charge on any atom is 0.123 e. The third kappa shape index (κ3) is 4.88. The van der Waals surface area contributed by atoms with Gasteiger partial charge < -0.3 is 15.3 Å². The van der Waals surface area contributed by atoms with Crippen molar-refractivity contribution in [2.75, 3.05) is 0 Å². The first-order valence-corrected chi connectivity index (χ1v) is 11.6. The van der Waals surface area contributed by atoms with Gasteiger partial charge in [0.2, 0.25) is 0 Å². The van der Waals surface area contributed by atoms with Crippen LogP contribution >= 0.6 is 0 Å². The smallest absolute Gasteiger partial charge is 0.123 e. The number of phenolic OH excluding ortho intramolecular Hbond substituents is 3. The molecule has 176 valence electrons. The summed E-state index contributed by atoms with van der Waals surface area (Å²) in [6, 6.07) is 13.5. The Morgan fingerprint density at radius 3 is 1.33 bits per heavy atom. The molecule has 33 heavy (non-hydrogen) atoms. The second-order valence-electron chi connectivity index (χ2n) is 11.5. The van der Waals surface area contributed by atoms with E-state index in [1.807, 2.05) is 57.2 Å². The summed E-state index contributed by atoms with van der Waals surface area (Å²) < 4.78 is 0. The number of aromatic hydroxyl groups is 3. The average molecular weight is 447 g/mol. The van der Waals surface area contributed by atoms with Gasteiger partial charge in [0, 0.05) is 22.6 Å². The summed E-state index contributed by atoms with van der Waals surface area (Å²) in [6.07, 6.45) is 0. The maximum absolute atomic E-state index is 11.5. The molecular formula is C30H38O3. The van der Waals surface area contributed by atoms with E-state index in [1.165, 1.54) is 0 Å². The fourth-order valence-electron chi connectivity index (χ4n) is 4.60. The predicted molar refractivity (Wildman–Crippen MR) is 137 cm³/mol. The van der Waals surface area contributed by atoms with Crippen LogP contribution in [-0.4, -0.2) is 15.3 Å². The van der Waals surface area contributed by atoms with Crippen molar-refractivity contribution < 1.29 is 15.3 Å². The molecule has 0 bridgehead atoms. The van der Waals surface area contributed by atoms with Crippen molar-refractivity contribution in [3.8, 4) is 17.2 Å². The summed E-state index contributed by atoms with van der Waals surface area (Å²) in [7, 11) is 0. The molecule has 3 N–H and O–H groups in total. The lowest BCUT2D eigenvalue weighted by atomic mass is 9.76. The Kier molecular flexibility index (Phi) is 6.32. The van der Waals surface area contributed by atoms with Crippen LogP contribution in [-0.2, 0) is 10.8 Å². The highest BCUT2D eigenvalue weighted by atomic mass is 16.3. The average Bonchev–Trinajstić information content (AvgIpc) is 2.67. The van der Waals surface area contributed by atoms with Crippen molar-refractivity contribution in [1.82, 2.24) is 0 Å². The van der Waals surface area contributed by atoms with E-state index in [9.17, 15) is 15.3 Å². The van der Waals surface area contributed by atoms with E-state index in [2.05, 4.69) is 41.5 Å². The zero-order valence-electron chi connectivity index (χ0n) is 21.5. The Bertz CT molecular complexity index is 1120. The van der Waals surface area contributed by atoms with E-state index < -0.39 is 5.92 Å². The topological polar surface area (TPSA) is 60.7 Å². The van der Waals surface area contributed by atoms with E-state index in [4.69, 9.17) is 0 Å². The van der Waals surface area contributed by atoms with E-state index in [0.29, 0.717) is 16.7 Å². The first kappa shape index (κ1) is 24.7. The minimum absolute atomic E-state index is 0.141. The van der Waals surface area contributed by atoms with Crippen LogP contribution in [0.5, 0.6) is 17.2 Å². The van der Waals surface area contributed by atoms with Crippen molar-refractivity contribution in [1.29, 1.82) is 0 Å². The minimum Gasteiger partial charge on any atom is -0.508 e. The van der Waals surface area contributed by atoms with Gasteiger partial charge in [0.25, 0.3) is 0 Å². The standard InChI is InChI=1S/C30H38O3/c1-17-10-11-25(31)20(12-17)26(21-13-18(2)15-23(27(21)32)29(4,5)6)22-14-19(3)16-24(28(22)33)30(7,8)9/h10-16,26,31-33H,1-9H3. The van der Waals surface area contributed by atoms with Crippen LogP contribution in [0.1, 0.15) is 92.0 Å². The lowest BCUT2D eigenvalue weighted by molar-refractivity contribution is 0.428. The summed E-state index contributed by atoms with van der Waals surface area (Å²) in [6.45, 7) is 18.5. The van der Waals surface area contributed by atoms with Crippen LogP contribution in [0, 0.1) is 20.8 Å². The summed E-state index contributed by atoms with van der Waals surface area (Å²) in [5, 5.41) is 34.0. The minimum atomic E-state index is -0.535. The molecule has 0 fully saturated rings. The van der Waals surface area contributed by atoms with Gasteiger partial charge in [0.05, 0.1) is 0 Å². The van der Waals surface area contributed by atoms with Crippen molar-refractivity contribution >= 4 is 0 Å². The Morgan fingerprint density at radius 2 is 0.939 bits per heavy atom. The number of hydrogen-bond acceptors (Lipinski definition) is 3. The predicted octanol–water partition coefficient (Wildman–Crippen LogP) is 7.50. The van der Waals surface area contributed by atoms with Crippen LogP contribution in [0.3, 0.4) is 0 Å². The second-order valence-corrected chi connectivity index (χ2v) is 11.5. The van der Waals surface area contributed by atoms with E-state index in [1.54, 1.807) is 6.07 Å². The summed E-state index contributed by atoms with van der Waals surface area (Å²) in [5.41, 5.74) is 6.22. The lowest BCUT2D eigenvalue weighted by Gasteiger charge is -2.29. The molecule has 0 atom stereocenters. The second kappa shape index (κ2) is 8.44. The summed E-state index contributed by atoms with van der Waals surface area (Å²) in [4.78, 5) is 0. The molecule has 0 amide bonds. The van der Waals surface area contributed by atoms with Gasteiger partial charge in [-0.1, -0.05) is 94.6 Å². The summed E-state index contributed by atoms with van der Waals surface area (Å²) in [5.74, 6) is 0.0170. The number of rotatable bonds is 3. The molecule has 3 aromatic rings. The zero-order valence-corrected chi connectivity index (χ0v) is 21.5. The molecule has 3 rings (SSSR count).